The molecule has 0 amide bonds. The van der Waals surface area contributed by atoms with Crippen molar-refractivity contribution in [3.8, 4) is 0 Å². The summed E-state index contributed by atoms with van der Waals surface area (Å²) in [5, 5.41) is 0. The molecule has 0 saturated heterocycles. The Labute approximate surface area is 48.9 Å². The minimum absolute atomic E-state index is 0.628. The van der Waals surface area contributed by atoms with Gasteiger partial charge >= 0.3 is 48.6 Å². The summed E-state index contributed by atoms with van der Waals surface area (Å²) in [5.74, 6) is 0. The van der Waals surface area contributed by atoms with Gasteiger partial charge in [-0.15, -0.1) is 0 Å². The molecule has 1 aliphatic heterocycles. The summed E-state index contributed by atoms with van der Waals surface area (Å²) in [4.78, 5) is 0. The van der Waals surface area contributed by atoms with Crippen molar-refractivity contribution in [3.05, 3.63) is 12.2 Å². The number of alkyl halides is 2. The van der Waals surface area contributed by atoms with Gasteiger partial charge in [0, 0.05) is 0 Å². The second-order valence-electron chi connectivity index (χ2n) is 1.29. The minimum atomic E-state index is 0.628. The van der Waals surface area contributed by atoms with E-state index in [0.717, 1.165) is 0 Å². The first-order valence-electron chi connectivity index (χ1n) is 2.18. The van der Waals surface area contributed by atoms with E-state index in [-0.39, 0.29) is 0 Å². The van der Waals surface area contributed by atoms with Gasteiger partial charge in [-0.3, -0.25) is 0 Å². The van der Waals surface area contributed by atoms with E-state index in [2.05, 4.69) is 12.2 Å². The second-order valence-corrected chi connectivity index (χ2v) is 4.33. The first-order valence-corrected chi connectivity index (χ1v) is 5.24. The van der Waals surface area contributed by atoms with E-state index in [1.807, 2.05) is 0 Å². The summed E-state index contributed by atoms with van der Waals surface area (Å²) in [7, 11) is 0. The summed E-state index contributed by atoms with van der Waals surface area (Å²) in [6, 6.07) is 0. The van der Waals surface area contributed by atoms with E-state index in [1.54, 1.807) is 0 Å². The number of rotatable bonds is 0. The molecular weight excluding hydrogens is 187 g/mol. The molecule has 0 aromatic carbocycles. The van der Waals surface area contributed by atoms with Gasteiger partial charge in [-0.25, -0.2) is 0 Å². The third kappa shape index (κ3) is 1.29. The zero-order chi connectivity index (χ0) is 4.24. The molecule has 0 N–H and O–H groups in total. The zero-order valence-corrected chi connectivity index (χ0v) is 5.81. The molecule has 0 fully saturated rings. The van der Waals surface area contributed by atoms with Crippen molar-refractivity contribution in [1.82, 2.24) is 0 Å². The Morgan fingerprint density at radius 3 is 2.50 bits per heavy atom. The fourth-order valence-electron chi connectivity index (χ4n) is 0.461. The van der Waals surface area contributed by atoms with Gasteiger partial charge in [0.2, 0.25) is 0 Å². The molecule has 0 saturated carbocycles. The van der Waals surface area contributed by atoms with E-state index in [9.17, 15) is 0 Å². The first kappa shape index (κ1) is 4.62. The predicted octanol–water partition coefficient (Wildman–Crippen LogP) is -1.96. The Balaban J connectivity index is 2.26. The van der Waals surface area contributed by atoms with Crippen LogP contribution in [0.25, 0.3) is 0 Å². The Morgan fingerprint density at radius 2 is 2.33 bits per heavy atom. The molecule has 0 aromatic rings. The van der Waals surface area contributed by atoms with Crippen molar-refractivity contribution in [3.63, 3.8) is 0 Å². The topological polar surface area (TPSA) is 0 Å². The van der Waals surface area contributed by atoms with Gasteiger partial charge in [-0.2, -0.15) is 0 Å². The van der Waals surface area contributed by atoms with Crippen molar-refractivity contribution in [2.24, 2.45) is 0 Å². The molecule has 0 aliphatic carbocycles. The van der Waals surface area contributed by atoms with Crippen LogP contribution < -0.4 is 21.2 Å². The van der Waals surface area contributed by atoms with E-state index < -0.39 is 0 Å². The second kappa shape index (κ2) is 2.61. The average molecular weight is 195 g/mol. The molecule has 0 radical (unpaired) electrons. The van der Waals surface area contributed by atoms with Crippen LogP contribution in [0.2, 0.25) is 0 Å². The van der Waals surface area contributed by atoms with Crippen LogP contribution in [0.4, 0.5) is 0 Å². The van der Waals surface area contributed by atoms with Gasteiger partial charge in [0.05, 0.1) is 0 Å². The molecular formula is C5H8I-. The fourth-order valence-corrected chi connectivity index (χ4v) is 2.42. The number of halogens is 1. The maximum absolute atomic E-state index is 2.32. The van der Waals surface area contributed by atoms with E-state index in [0.29, 0.717) is 21.2 Å². The third-order valence-corrected chi connectivity index (χ3v) is 3.29. The van der Waals surface area contributed by atoms with Gasteiger partial charge in [0.1, 0.15) is 0 Å². The Kier molecular flexibility index (Phi) is 2.01. The van der Waals surface area contributed by atoms with Crippen LogP contribution in [0.1, 0.15) is 6.42 Å². The van der Waals surface area contributed by atoms with Crippen LogP contribution in [0, 0.1) is 0 Å². The van der Waals surface area contributed by atoms with Gasteiger partial charge in [-0.05, 0) is 0 Å². The Morgan fingerprint density at radius 1 is 1.33 bits per heavy atom. The normalized spacial score (nSPS) is 22.7. The molecule has 36 valence electrons. The molecule has 1 aliphatic rings. The van der Waals surface area contributed by atoms with Crippen LogP contribution in [-0.2, 0) is 0 Å². The molecule has 1 heteroatoms. The number of allylic oxidation sites excluding steroid dienone is 2. The molecule has 0 spiro atoms. The SMILES string of the molecule is C1=CC[I-]CC1. The van der Waals surface area contributed by atoms with Crippen LogP contribution in [-0.4, -0.2) is 8.86 Å². The third-order valence-electron chi connectivity index (χ3n) is 0.774. The quantitative estimate of drug-likeness (QED) is 0.239. The summed E-state index contributed by atoms with van der Waals surface area (Å²) >= 11 is 0.628. The molecule has 0 atom stereocenters. The van der Waals surface area contributed by atoms with Crippen LogP contribution in [0.5, 0.6) is 0 Å². The number of hydrogen-bond donors (Lipinski definition) is 0. The van der Waals surface area contributed by atoms with E-state index in [1.165, 1.54) is 15.3 Å². The molecule has 0 nitrogen and oxygen atoms in total. The monoisotopic (exact) mass is 195 g/mol. The summed E-state index contributed by atoms with van der Waals surface area (Å²) in [6.45, 7) is 0. The first-order chi connectivity index (χ1) is 3.00. The van der Waals surface area contributed by atoms with Crippen LogP contribution in [0.15, 0.2) is 12.2 Å². The Bertz CT molecular complexity index is 49.0. The molecule has 1 rings (SSSR count). The fraction of sp³-hybridized carbons (Fsp3) is 0.600. The molecule has 6 heavy (non-hydrogen) atoms. The Hall–Kier alpha value is 0.470. The van der Waals surface area contributed by atoms with Crippen molar-refractivity contribution in [1.29, 1.82) is 0 Å². The zero-order valence-electron chi connectivity index (χ0n) is 3.65. The van der Waals surface area contributed by atoms with E-state index in [4.69, 9.17) is 0 Å². The van der Waals surface area contributed by atoms with Gasteiger partial charge in [0.15, 0.2) is 0 Å². The standard InChI is InChI=1S/C5H8I/c1-2-4-6-5-3-1/h1-2H,3-5H2/q-1. The van der Waals surface area contributed by atoms with Gasteiger partial charge < -0.3 is 0 Å². The molecule has 0 bridgehead atoms. The van der Waals surface area contributed by atoms with Crippen LogP contribution >= 0.6 is 0 Å². The van der Waals surface area contributed by atoms with Crippen molar-refractivity contribution >= 4 is 0 Å². The molecule has 0 unspecified atom stereocenters. The van der Waals surface area contributed by atoms with Crippen LogP contribution in [0.3, 0.4) is 0 Å². The molecule has 1 heterocycles. The van der Waals surface area contributed by atoms with Crippen molar-refractivity contribution in [2.75, 3.05) is 8.86 Å². The van der Waals surface area contributed by atoms with Crippen molar-refractivity contribution in [2.45, 2.75) is 6.42 Å². The van der Waals surface area contributed by atoms with Crippen molar-refractivity contribution < 1.29 is 21.2 Å². The van der Waals surface area contributed by atoms with Gasteiger partial charge in [-0.1, -0.05) is 0 Å². The van der Waals surface area contributed by atoms with E-state index >= 15 is 0 Å². The number of hydrogen-bond acceptors (Lipinski definition) is 0. The average Bonchev–Trinajstić information content (AvgIpc) is 1.72. The summed E-state index contributed by atoms with van der Waals surface area (Å²) < 4.78 is 2.95. The molecule has 0 aromatic heterocycles. The van der Waals surface area contributed by atoms with Gasteiger partial charge in [0.25, 0.3) is 0 Å². The summed E-state index contributed by atoms with van der Waals surface area (Å²) in [6.07, 6.45) is 5.98. The summed E-state index contributed by atoms with van der Waals surface area (Å²) in [5.41, 5.74) is 0. The maximum atomic E-state index is 2.32. The predicted molar refractivity (Wildman–Crippen MR) is 23.5 cm³/mol.